The zero-order chi connectivity index (χ0) is 26.7. The van der Waals surface area contributed by atoms with Crippen molar-refractivity contribution in [2.24, 2.45) is 11.8 Å². The van der Waals surface area contributed by atoms with Gasteiger partial charge >= 0.3 is 0 Å². The van der Waals surface area contributed by atoms with Crippen molar-refractivity contribution in [2.45, 2.75) is 89.0 Å². The molecule has 0 saturated carbocycles. The van der Waals surface area contributed by atoms with E-state index in [-0.39, 0.29) is 24.3 Å². The second-order valence-electron chi connectivity index (χ2n) is 10.6. The number of amides is 3. The first-order chi connectivity index (χ1) is 17.2. The van der Waals surface area contributed by atoms with Gasteiger partial charge in [0.25, 0.3) is 0 Å². The molecular formula is C28H45N3O5. The number of carbonyl (C=O) groups is 3. The molecule has 2 bridgehead atoms. The van der Waals surface area contributed by atoms with E-state index in [9.17, 15) is 19.5 Å². The summed E-state index contributed by atoms with van der Waals surface area (Å²) in [5.41, 5.74) is -1.85. The monoisotopic (exact) mass is 503 g/mol. The second kappa shape index (κ2) is 11.5. The van der Waals surface area contributed by atoms with Crippen molar-refractivity contribution in [3.8, 4) is 0 Å². The van der Waals surface area contributed by atoms with Gasteiger partial charge in [0.1, 0.15) is 11.6 Å². The Morgan fingerprint density at radius 2 is 1.86 bits per heavy atom. The Morgan fingerprint density at radius 3 is 2.42 bits per heavy atom. The molecule has 1 N–H and O–H groups in total. The van der Waals surface area contributed by atoms with Crippen LogP contribution in [0.25, 0.3) is 0 Å². The number of aliphatic hydroxyl groups is 1. The fraction of sp³-hybridized carbons (Fsp3) is 0.750. The molecule has 0 aromatic heterocycles. The molecule has 202 valence electrons. The number of likely N-dealkylation sites (N-methyl/N-ethyl adjacent to an activating group) is 1. The van der Waals surface area contributed by atoms with Crippen LogP contribution in [0.2, 0.25) is 0 Å². The maximum absolute atomic E-state index is 14.3. The molecule has 2 unspecified atom stereocenters. The summed E-state index contributed by atoms with van der Waals surface area (Å²) in [6.07, 6.45) is 8.51. The van der Waals surface area contributed by atoms with Crippen LogP contribution in [-0.4, -0.2) is 94.1 Å². The summed E-state index contributed by atoms with van der Waals surface area (Å²) in [5.74, 6) is -1.98. The van der Waals surface area contributed by atoms with Gasteiger partial charge in [-0.2, -0.15) is 0 Å². The highest BCUT2D eigenvalue weighted by Gasteiger charge is 2.79. The van der Waals surface area contributed by atoms with Crippen molar-refractivity contribution < 1.29 is 24.2 Å². The van der Waals surface area contributed by atoms with Crippen LogP contribution in [0, 0.1) is 11.8 Å². The van der Waals surface area contributed by atoms with E-state index in [2.05, 4.69) is 20.1 Å². The van der Waals surface area contributed by atoms with Crippen molar-refractivity contribution >= 4 is 17.7 Å². The zero-order valence-corrected chi connectivity index (χ0v) is 22.6. The molecule has 6 atom stereocenters. The lowest BCUT2D eigenvalue weighted by Gasteiger charge is -2.39. The highest BCUT2D eigenvalue weighted by atomic mass is 16.5. The van der Waals surface area contributed by atoms with E-state index in [1.807, 2.05) is 13.8 Å². The van der Waals surface area contributed by atoms with Gasteiger partial charge in [0.2, 0.25) is 17.7 Å². The average molecular weight is 504 g/mol. The molecule has 3 aliphatic heterocycles. The average Bonchev–Trinajstić information content (AvgIpc) is 3.48. The van der Waals surface area contributed by atoms with Crippen LogP contribution < -0.4 is 0 Å². The highest BCUT2D eigenvalue weighted by Crippen LogP contribution is 2.65. The lowest BCUT2D eigenvalue weighted by atomic mass is 9.64. The standard InChI is InChI=1S/C28H45N3O5/c1-7-12-13-18-30(17-9-3)26(35)23-28-15-14-27(11-5,36-28)21(24(33)29(6)16-8-2)22(28)25(34)31(23)20(10-4)19-32/h8-9,20-23,32H,2-3,7,10-19H2,1,4-6H3/t20-,21-,22-,23?,27+,28?/m0/s1. The first-order valence-electron chi connectivity index (χ1n) is 13.6. The van der Waals surface area contributed by atoms with E-state index in [1.165, 1.54) is 0 Å². The van der Waals surface area contributed by atoms with Crippen LogP contribution in [0.15, 0.2) is 25.3 Å². The van der Waals surface area contributed by atoms with Crippen molar-refractivity contribution in [1.82, 2.24) is 14.7 Å². The van der Waals surface area contributed by atoms with Gasteiger partial charge in [-0.15, -0.1) is 13.2 Å². The number of fused-ring (bicyclic) bond motifs is 1. The van der Waals surface area contributed by atoms with Crippen LogP contribution in [0.1, 0.15) is 65.7 Å². The number of hydrogen-bond donors (Lipinski definition) is 1. The van der Waals surface area contributed by atoms with Gasteiger partial charge in [0, 0.05) is 26.7 Å². The Morgan fingerprint density at radius 1 is 1.17 bits per heavy atom. The Balaban J connectivity index is 2.11. The molecular weight excluding hydrogens is 458 g/mol. The number of nitrogens with zero attached hydrogens (tertiary/aromatic N) is 3. The number of hydrogen-bond acceptors (Lipinski definition) is 5. The molecule has 8 nitrogen and oxygen atoms in total. The number of aliphatic hydroxyl groups excluding tert-OH is 1. The molecule has 8 heteroatoms. The minimum atomic E-state index is -1.08. The third kappa shape index (κ3) is 4.40. The summed E-state index contributed by atoms with van der Waals surface area (Å²) < 4.78 is 6.82. The Bertz CT molecular complexity index is 858. The maximum Gasteiger partial charge on any atom is 0.248 e. The number of likely N-dealkylation sites (tertiary alicyclic amines) is 1. The van der Waals surface area contributed by atoms with Crippen LogP contribution in [0.5, 0.6) is 0 Å². The third-order valence-electron chi connectivity index (χ3n) is 8.67. The van der Waals surface area contributed by atoms with Gasteiger partial charge in [0.05, 0.1) is 30.1 Å². The predicted molar refractivity (Wildman–Crippen MR) is 139 cm³/mol. The van der Waals surface area contributed by atoms with E-state index < -0.39 is 35.1 Å². The molecule has 3 amide bonds. The summed E-state index contributed by atoms with van der Waals surface area (Å²) in [4.78, 5) is 47.1. The van der Waals surface area contributed by atoms with Gasteiger partial charge in [-0.3, -0.25) is 14.4 Å². The lowest BCUT2D eigenvalue weighted by molar-refractivity contribution is -0.157. The van der Waals surface area contributed by atoms with Gasteiger partial charge < -0.3 is 24.5 Å². The molecule has 0 radical (unpaired) electrons. The predicted octanol–water partition coefficient (Wildman–Crippen LogP) is 2.76. The summed E-state index contributed by atoms with van der Waals surface area (Å²) in [6, 6.07) is -1.39. The molecule has 0 aromatic rings. The third-order valence-corrected chi connectivity index (χ3v) is 8.67. The minimum Gasteiger partial charge on any atom is -0.394 e. The van der Waals surface area contributed by atoms with Crippen molar-refractivity contribution in [3.05, 3.63) is 25.3 Å². The number of rotatable bonds is 14. The van der Waals surface area contributed by atoms with E-state index in [0.29, 0.717) is 45.3 Å². The topological polar surface area (TPSA) is 90.4 Å². The van der Waals surface area contributed by atoms with Gasteiger partial charge in [-0.05, 0) is 32.1 Å². The highest BCUT2D eigenvalue weighted by molar-refractivity contribution is 5.99. The van der Waals surface area contributed by atoms with Gasteiger partial charge in [-0.1, -0.05) is 45.8 Å². The fourth-order valence-corrected chi connectivity index (χ4v) is 6.81. The molecule has 1 spiro atoms. The summed E-state index contributed by atoms with van der Waals surface area (Å²) in [6.45, 7) is 14.7. The molecule has 3 rings (SSSR count). The summed E-state index contributed by atoms with van der Waals surface area (Å²) >= 11 is 0. The van der Waals surface area contributed by atoms with Crippen LogP contribution in [0.4, 0.5) is 0 Å². The Labute approximate surface area is 216 Å². The normalized spacial score (nSPS) is 31.3. The van der Waals surface area contributed by atoms with E-state index in [0.717, 1.165) is 19.3 Å². The van der Waals surface area contributed by atoms with Crippen LogP contribution >= 0.6 is 0 Å². The molecule has 3 fully saturated rings. The number of ether oxygens (including phenoxy) is 1. The molecule has 36 heavy (non-hydrogen) atoms. The molecule has 0 aromatic carbocycles. The van der Waals surface area contributed by atoms with Crippen molar-refractivity contribution in [3.63, 3.8) is 0 Å². The lowest BCUT2D eigenvalue weighted by Crippen LogP contribution is -2.59. The fourth-order valence-electron chi connectivity index (χ4n) is 6.81. The SMILES string of the molecule is C=CCN(C)C(=O)[C@@H]1[C@H]2C(=O)N([C@@H](CC)CO)C(C(=O)N(CC=C)CCCCC)C23CC[C@@]1(CC)O3. The van der Waals surface area contributed by atoms with Crippen LogP contribution in [-0.2, 0) is 19.1 Å². The van der Waals surface area contributed by atoms with Gasteiger partial charge in [-0.25, -0.2) is 0 Å². The Hall–Kier alpha value is -2.19. The zero-order valence-electron chi connectivity index (χ0n) is 22.6. The minimum absolute atomic E-state index is 0.146. The Kier molecular flexibility index (Phi) is 9.04. The van der Waals surface area contributed by atoms with Crippen molar-refractivity contribution in [2.75, 3.05) is 33.3 Å². The van der Waals surface area contributed by atoms with Gasteiger partial charge in [0.15, 0.2) is 0 Å². The molecule has 0 aliphatic carbocycles. The first-order valence-corrected chi connectivity index (χ1v) is 13.6. The largest absolute Gasteiger partial charge is 0.394 e. The molecule has 3 heterocycles. The number of carbonyl (C=O) groups excluding carboxylic acids is 3. The second-order valence-corrected chi connectivity index (χ2v) is 10.6. The molecule has 3 aliphatic rings. The smallest absolute Gasteiger partial charge is 0.248 e. The quantitative estimate of drug-likeness (QED) is 0.291. The summed E-state index contributed by atoms with van der Waals surface area (Å²) in [5, 5.41) is 10.2. The maximum atomic E-state index is 14.3. The number of unbranched alkanes of at least 4 members (excludes halogenated alkanes) is 2. The summed E-state index contributed by atoms with van der Waals surface area (Å²) in [7, 11) is 1.72. The van der Waals surface area contributed by atoms with Crippen molar-refractivity contribution in [1.29, 1.82) is 0 Å². The van der Waals surface area contributed by atoms with Crippen LogP contribution in [0.3, 0.4) is 0 Å². The first kappa shape index (κ1) is 28.4. The van der Waals surface area contributed by atoms with E-state index >= 15 is 0 Å². The molecule has 3 saturated heterocycles. The van der Waals surface area contributed by atoms with E-state index in [1.54, 1.807) is 33.9 Å². The van der Waals surface area contributed by atoms with E-state index in [4.69, 9.17) is 4.74 Å².